The van der Waals surface area contributed by atoms with Gasteiger partial charge in [-0.15, -0.1) is 0 Å². The van der Waals surface area contributed by atoms with Crippen molar-refractivity contribution in [3.05, 3.63) is 108 Å². The maximum absolute atomic E-state index is 11.6. The molecule has 0 saturated carbocycles. The number of rotatable bonds is 14. The number of methoxy groups -OCH3 is 2. The van der Waals surface area contributed by atoms with Crippen LogP contribution in [0.2, 0.25) is 0 Å². The van der Waals surface area contributed by atoms with Crippen molar-refractivity contribution >= 4 is 0 Å². The highest BCUT2D eigenvalue weighted by Gasteiger charge is 2.55. The second-order valence-electron chi connectivity index (χ2n) is 12.9. The number of benzene rings is 3. The summed E-state index contributed by atoms with van der Waals surface area (Å²) in [5.74, 6) is -0.859. The molecule has 0 aromatic heterocycles. The predicted octanol–water partition coefficient (Wildman–Crippen LogP) is 4.38. The van der Waals surface area contributed by atoms with Gasteiger partial charge in [0, 0.05) is 14.2 Å². The second-order valence-corrected chi connectivity index (χ2v) is 12.9. The van der Waals surface area contributed by atoms with Crippen LogP contribution in [0.5, 0.6) is 0 Å². The zero-order valence-electron chi connectivity index (χ0n) is 28.5. The molecule has 3 heterocycles. The van der Waals surface area contributed by atoms with Crippen LogP contribution in [0.15, 0.2) is 91.0 Å². The third kappa shape index (κ3) is 9.12. The van der Waals surface area contributed by atoms with Gasteiger partial charge in [0.2, 0.25) is 0 Å². The van der Waals surface area contributed by atoms with E-state index in [9.17, 15) is 5.11 Å². The minimum Gasteiger partial charge on any atom is -0.385 e. The average molecular weight is 681 g/mol. The summed E-state index contributed by atoms with van der Waals surface area (Å²) in [4.78, 5) is 0. The lowest BCUT2D eigenvalue weighted by Crippen LogP contribution is -2.68. The summed E-state index contributed by atoms with van der Waals surface area (Å²) in [6.07, 6.45) is -8.01. The molecule has 11 nitrogen and oxygen atoms in total. The van der Waals surface area contributed by atoms with Crippen LogP contribution in [0.1, 0.15) is 30.5 Å². The van der Waals surface area contributed by atoms with Crippen molar-refractivity contribution in [3.8, 4) is 0 Å². The van der Waals surface area contributed by atoms with E-state index in [0.717, 1.165) is 16.7 Å². The van der Waals surface area contributed by atoms with Crippen LogP contribution in [-0.2, 0) is 67.2 Å². The molecule has 10 atom stereocenters. The molecule has 0 bridgehead atoms. The van der Waals surface area contributed by atoms with Crippen molar-refractivity contribution in [2.45, 2.75) is 101 Å². The van der Waals surface area contributed by atoms with Crippen LogP contribution >= 0.6 is 0 Å². The Hall–Kier alpha value is -2.78. The molecule has 266 valence electrons. The van der Waals surface area contributed by atoms with Crippen LogP contribution in [0, 0.1) is 0 Å². The van der Waals surface area contributed by atoms with E-state index >= 15 is 0 Å². The first-order valence-electron chi connectivity index (χ1n) is 16.8. The van der Waals surface area contributed by atoms with Crippen LogP contribution < -0.4 is 0 Å². The Morgan fingerprint density at radius 3 is 1.82 bits per heavy atom. The number of hydrogen-bond acceptors (Lipinski definition) is 11. The molecule has 1 N–H and O–H groups in total. The number of hydrogen-bond donors (Lipinski definition) is 1. The van der Waals surface area contributed by atoms with E-state index in [2.05, 4.69) is 0 Å². The van der Waals surface area contributed by atoms with Crippen LogP contribution in [0.4, 0.5) is 0 Å². The monoisotopic (exact) mass is 680 g/mol. The largest absolute Gasteiger partial charge is 0.385 e. The Morgan fingerprint density at radius 2 is 1.24 bits per heavy atom. The summed E-state index contributed by atoms with van der Waals surface area (Å²) in [7, 11) is 3.11. The minimum atomic E-state index is -1.20. The van der Waals surface area contributed by atoms with Gasteiger partial charge >= 0.3 is 0 Å². The number of aliphatic hydroxyl groups excluding tert-OH is 1. The summed E-state index contributed by atoms with van der Waals surface area (Å²) in [5.41, 5.74) is 2.96. The molecule has 3 aliphatic rings. The zero-order valence-corrected chi connectivity index (χ0v) is 28.5. The van der Waals surface area contributed by atoms with Gasteiger partial charge in [0.15, 0.2) is 18.4 Å². The molecule has 6 rings (SSSR count). The van der Waals surface area contributed by atoms with Gasteiger partial charge in [-0.3, -0.25) is 0 Å². The Bertz CT molecular complexity index is 1390. The molecule has 0 spiro atoms. The molecule has 0 radical (unpaired) electrons. The maximum atomic E-state index is 11.6. The summed E-state index contributed by atoms with van der Waals surface area (Å²) < 4.78 is 62.8. The first-order valence-corrected chi connectivity index (χ1v) is 16.8. The van der Waals surface area contributed by atoms with Gasteiger partial charge in [0.25, 0.3) is 0 Å². The summed E-state index contributed by atoms with van der Waals surface area (Å²) in [6.45, 7) is 4.92. The molecule has 3 aromatic carbocycles. The van der Waals surface area contributed by atoms with Gasteiger partial charge in [-0.05, 0) is 30.5 Å². The Kier molecular flexibility index (Phi) is 12.5. The molecule has 0 unspecified atom stereocenters. The SMILES string of the molecule is CO[C@H]1O[C@H](COCc2ccccc2)[C@@H](O[C@@H]2O[C@H]3COC(C)(C)O[C@H]3[C@H](OC)[C@H]2O)[C@H](OCc2ccccc2)[C@H]1OCc1ccccc1. The standard InChI is InChI=1S/C38H48O11/c1-38(2)45-24-29-32(49-38)33(40-3)30(39)36(46-29)48-31-28(23-42-20-25-14-8-5-9-15-25)47-37(41-4)35(44-22-27-18-12-7-13-19-27)34(31)43-21-26-16-10-6-11-17-26/h5-19,28-37,39H,20-24H2,1-4H3/t28-,29+,30-,31-,32-,33-,34+,35-,36+,37+/m1/s1. The van der Waals surface area contributed by atoms with E-state index in [1.165, 1.54) is 7.11 Å². The van der Waals surface area contributed by atoms with Gasteiger partial charge in [-0.1, -0.05) is 91.0 Å². The molecule has 3 saturated heterocycles. The summed E-state index contributed by atoms with van der Waals surface area (Å²) in [5, 5.41) is 11.6. The second kappa shape index (κ2) is 17.0. The van der Waals surface area contributed by atoms with Crippen molar-refractivity contribution in [2.75, 3.05) is 27.4 Å². The summed E-state index contributed by atoms with van der Waals surface area (Å²) in [6, 6.07) is 29.6. The van der Waals surface area contributed by atoms with Crippen LogP contribution in [-0.4, -0.2) is 99.7 Å². The lowest BCUT2D eigenvalue weighted by Gasteiger charge is -2.51. The average Bonchev–Trinajstić information content (AvgIpc) is 3.12. The molecule has 11 heteroatoms. The van der Waals surface area contributed by atoms with E-state index in [-0.39, 0.29) is 26.4 Å². The van der Waals surface area contributed by atoms with Gasteiger partial charge in [0.05, 0.1) is 33.0 Å². The van der Waals surface area contributed by atoms with E-state index in [1.54, 1.807) is 7.11 Å². The fourth-order valence-corrected chi connectivity index (χ4v) is 6.49. The highest BCUT2D eigenvalue weighted by atomic mass is 16.8. The molecule has 49 heavy (non-hydrogen) atoms. The van der Waals surface area contributed by atoms with Crippen molar-refractivity contribution in [3.63, 3.8) is 0 Å². The number of fused-ring (bicyclic) bond motifs is 1. The Balaban J connectivity index is 1.29. The first-order chi connectivity index (χ1) is 23.8. The maximum Gasteiger partial charge on any atom is 0.187 e. The van der Waals surface area contributed by atoms with Crippen molar-refractivity contribution in [2.24, 2.45) is 0 Å². The van der Waals surface area contributed by atoms with Gasteiger partial charge < -0.3 is 52.5 Å². The Labute approximate surface area is 288 Å². The van der Waals surface area contributed by atoms with E-state index in [0.29, 0.717) is 6.61 Å². The molecular formula is C38H48O11. The number of ether oxygens (including phenoxy) is 10. The van der Waals surface area contributed by atoms with Crippen LogP contribution in [0.3, 0.4) is 0 Å². The topological polar surface area (TPSA) is 113 Å². The highest BCUT2D eigenvalue weighted by molar-refractivity contribution is 5.15. The predicted molar refractivity (Wildman–Crippen MR) is 177 cm³/mol. The molecule has 0 aliphatic carbocycles. The fraction of sp³-hybridized carbons (Fsp3) is 0.526. The molecule has 0 amide bonds. The smallest absolute Gasteiger partial charge is 0.187 e. The van der Waals surface area contributed by atoms with E-state index in [4.69, 9.17) is 47.4 Å². The normalized spacial score (nSPS) is 32.8. The van der Waals surface area contributed by atoms with Crippen molar-refractivity contribution in [1.82, 2.24) is 0 Å². The van der Waals surface area contributed by atoms with Crippen molar-refractivity contribution < 1.29 is 52.5 Å². The lowest BCUT2D eigenvalue weighted by atomic mass is 9.95. The number of aliphatic hydroxyl groups is 1. The third-order valence-corrected chi connectivity index (χ3v) is 8.98. The van der Waals surface area contributed by atoms with Gasteiger partial charge in [0.1, 0.15) is 48.8 Å². The third-order valence-electron chi connectivity index (χ3n) is 8.98. The molecular weight excluding hydrogens is 632 g/mol. The van der Waals surface area contributed by atoms with E-state index in [1.807, 2.05) is 105 Å². The molecule has 3 aromatic rings. The minimum absolute atomic E-state index is 0.138. The summed E-state index contributed by atoms with van der Waals surface area (Å²) >= 11 is 0. The quantitative estimate of drug-likeness (QED) is 0.262. The van der Waals surface area contributed by atoms with Gasteiger partial charge in [-0.2, -0.15) is 0 Å². The highest BCUT2D eigenvalue weighted by Crippen LogP contribution is 2.37. The van der Waals surface area contributed by atoms with E-state index < -0.39 is 67.2 Å². The molecule has 3 fully saturated rings. The van der Waals surface area contributed by atoms with Crippen LogP contribution in [0.25, 0.3) is 0 Å². The first kappa shape index (κ1) is 36.0. The molecule has 3 aliphatic heterocycles. The van der Waals surface area contributed by atoms with Gasteiger partial charge in [-0.25, -0.2) is 0 Å². The zero-order chi connectivity index (χ0) is 34.2. The fourth-order valence-electron chi connectivity index (χ4n) is 6.49. The Morgan fingerprint density at radius 1 is 0.673 bits per heavy atom. The lowest BCUT2D eigenvalue weighted by molar-refractivity contribution is -0.402. The van der Waals surface area contributed by atoms with Crippen molar-refractivity contribution in [1.29, 1.82) is 0 Å².